The molecule has 1 unspecified atom stereocenters. The van der Waals surface area contributed by atoms with E-state index in [0.717, 1.165) is 12.1 Å². The van der Waals surface area contributed by atoms with Gasteiger partial charge >= 0.3 is 0 Å². The van der Waals surface area contributed by atoms with E-state index in [0.29, 0.717) is 10.6 Å². The highest BCUT2D eigenvalue weighted by atomic mass is 32.1. The molecular formula is C12H19N3OS2. The minimum Gasteiger partial charge on any atom is -0.389 e. The predicted octanol–water partition coefficient (Wildman–Crippen LogP) is 2.89. The molecule has 6 heteroatoms. The first-order valence-corrected chi connectivity index (χ1v) is 7.16. The molecule has 18 heavy (non-hydrogen) atoms. The van der Waals surface area contributed by atoms with Crippen LogP contribution in [-0.4, -0.2) is 15.3 Å². The molecule has 0 aliphatic heterocycles. The van der Waals surface area contributed by atoms with Crippen molar-refractivity contribution in [3.05, 3.63) is 11.3 Å². The Morgan fingerprint density at radius 1 is 1.50 bits per heavy atom. The zero-order valence-corrected chi connectivity index (χ0v) is 12.7. The number of carbonyl (C=O) groups is 1. The van der Waals surface area contributed by atoms with Crippen molar-refractivity contribution in [2.45, 2.75) is 40.0 Å². The molecule has 0 aliphatic carbocycles. The summed E-state index contributed by atoms with van der Waals surface area (Å²) in [6.07, 6.45) is 0.796. The summed E-state index contributed by atoms with van der Waals surface area (Å²) in [5, 5.41) is 3.53. The molecule has 1 aromatic heterocycles. The van der Waals surface area contributed by atoms with Crippen LogP contribution in [0.4, 0.5) is 5.00 Å². The topological polar surface area (TPSA) is 68.0 Å². The lowest BCUT2D eigenvalue weighted by molar-refractivity contribution is -0.119. The maximum absolute atomic E-state index is 11.9. The van der Waals surface area contributed by atoms with E-state index in [9.17, 15) is 4.79 Å². The number of nitrogens with one attached hydrogen (secondary N) is 1. The van der Waals surface area contributed by atoms with Gasteiger partial charge in [-0.25, -0.2) is 0 Å². The van der Waals surface area contributed by atoms with Gasteiger partial charge in [-0.2, -0.15) is 4.37 Å². The number of amides is 1. The highest BCUT2D eigenvalue weighted by molar-refractivity contribution is 7.80. The molecule has 0 aromatic carbocycles. The number of carbonyl (C=O) groups excluding carboxylic acids is 1. The fraction of sp³-hybridized carbons (Fsp3) is 0.583. The number of hydrogen-bond donors (Lipinski definition) is 2. The molecule has 0 aliphatic rings. The number of nitrogens with zero attached hydrogens (tertiary/aromatic N) is 1. The van der Waals surface area contributed by atoms with Crippen molar-refractivity contribution in [2.75, 3.05) is 5.32 Å². The first kappa shape index (κ1) is 15.0. The lowest BCUT2D eigenvalue weighted by Gasteiger charge is -2.10. The van der Waals surface area contributed by atoms with Gasteiger partial charge in [0.25, 0.3) is 0 Å². The highest BCUT2D eigenvalue weighted by Crippen LogP contribution is 2.30. The van der Waals surface area contributed by atoms with E-state index >= 15 is 0 Å². The lowest BCUT2D eigenvalue weighted by Crippen LogP contribution is -2.21. The van der Waals surface area contributed by atoms with Crippen LogP contribution < -0.4 is 11.1 Å². The normalized spacial score (nSPS) is 12.5. The second kappa shape index (κ2) is 6.24. The number of rotatable bonds is 5. The van der Waals surface area contributed by atoms with Crippen LogP contribution in [-0.2, 0) is 4.79 Å². The molecule has 3 N–H and O–H groups in total. The maximum Gasteiger partial charge on any atom is 0.227 e. The van der Waals surface area contributed by atoms with Crippen LogP contribution in [0.2, 0.25) is 0 Å². The van der Waals surface area contributed by atoms with Crippen LogP contribution >= 0.6 is 23.8 Å². The molecule has 0 radical (unpaired) electrons. The molecule has 0 fully saturated rings. The van der Waals surface area contributed by atoms with Gasteiger partial charge in [-0.15, -0.1) is 0 Å². The maximum atomic E-state index is 11.9. The van der Waals surface area contributed by atoms with Gasteiger partial charge in [0.05, 0.1) is 11.3 Å². The van der Waals surface area contributed by atoms with Crippen molar-refractivity contribution in [3.8, 4) is 0 Å². The van der Waals surface area contributed by atoms with Gasteiger partial charge in [0, 0.05) is 5.92 Å². The third kappa shape index (κ3) is 3.26. The summed E-state index contributed by atoms with van der Waals surface area (Å²) in [7, 11) is 0. The van der Waals surface area contributed by atoms with Gasteiger partial charge < -0.3 is 11.1 Å². The summed E-state index contributed by atoms with van der Waals surface area (Å²) in [6.45, 7) is 7.92. The van der Waals surface area contributed by atoms with Gasteiger partial charge in [0.15, 0.2) is 0 Å². The average Bonchev–Trinajstić information content (AvgIpc) is 2.71. The Morgan fingerprint density at radius 2 is 2.11 bits per heavy atom. The van der Waals surface area contributed by atoms with Gasteiger partial charge in [0.1, 0.15) is 9.99 Å². The Bertz CT molecular complexity index is 454. The van der Waals surface area contributed by atoms with E-state index in [1.165, 1.54) is 11.5 Å². The van der Waals surface area contributed by atoms with Crippen LogP contribution in [0.25, 0.3) is 0 Å². The molecule has 0 saturated heterocycles. The Labute approximate surface area is 117 Å². The molecule has 100 valence electrons. The minimum absolute atomic E-state index is 0.0195. The Balaban J connectivity index is 3.03. The molecule has 1 rings (SSSR count). The van der Waals surface area contributed by atoms with Crippen molar-refractivity contribution in [1.82, 2.24) is 4.37 Å². The molecule has 1 heterocycles. The van der Waals surface area contributed by atoms with E-state index in [1.807, 2.05) is 27.7 Å². The van der Waals surface area contributed by atoms with Gasteiger partial charge in [-0.05, 0) is 23.9 Å². The van der Waals surface area contributed by atoms with Crippen LogP contribution in [0.1, 0.15) is 51.3 Å². The quantitative estimate of drug-likeness (QED) is 0.816. The number of hydrogen-bond acceptors (Lipinski definition) is 4. The second-order valence-corrected chi connectivity index (χ2v) is 5.80. The summed E-state index contributed by atoms with van der Waals surface area (Å²) >= 11 is 6.29. The lowest BCUT2D eigenvalue weighted by atomic mass is 10.1. The van der Waals surface area contributed by atoms with E-state index in [-0.39, 0.29) is 22.7 Å². The highest BCUT2D eigenvalue weighted by Gasteiger charge is 2.21. The van der Waals surface area contributed by atoms with Crippen LogP contribution in [0.5, 0.6) is 0 Å². The SMILES string of the molecule is CCC(C)C(=O)Nc1snc(C(C)C)c1C(N)=S. The van der Waals surface area contributed by atoms with E-state index in [2.05, 4.69) is 9.69 Å². The third-order valence-electron chi connectivity index (χ3n) is 2.81. The van der Waals surface area contributed by atoms with Crippen molar-refractivity contribution < 1.29 is 4.79 Å². The molecule has 1 atom stereocenters. The van der Waals surface area contributed by atoms with Crippen molar-refractivity contribution in [2.24, 2.45) is 11.7 Å². The Hall–Kier alpha value is -1.01. The summed E-state index contributed by atoms with van der Waals surface area (Å²) in [5.74, 6) is 0.176. The van der Waals surface area contributed by atoms with Crippen molar-refractivity contribution in [1.29, 1.82) is 0 Å². The molecule has 4 nitrogen and oxygen atoms in total. The molecule has 0 saturated carbocycles. The number of nitrogens with two attached hydrogens (primary N) is 1. The minimum atomic E-state index is -0.0335. The van der Waals surface area contributed by atoms with E-state index < -0.39 is 0 Å². The smallest absolute Gasteiger partial charge is 0.227 e. The van der Waals surface area contributed by atoms with Crippen LogP contribution in [0.3, 0.4) is 0 Å². The van der Waals surface area contributed by atoms with Gasteiger partial charge in [-0.3, -0.25) is 4.79 Å². The average molecular weight is 285 g/mol. The first-order valence-electron chi connectivity index (χ1n) is 5.98. The summed E-state index contributed by atoms with van der Waals surface area (Å²) in [6, 6.07) is 0. The standard InChI is InChI=1S/C12H19N3OS2/c1-5-7(4)11(16)14-12-8(10(13)17)9(6(2)3)15-18-12/h6-7H,5H2,1-4H3,(H2,13,17)(H,14,16). The van der Waals surface area contributed by atoms with E-state index in [1.54, 1.807) is 0 Å². The van der Waals surface area contributed by atoms with Gasteiger partial charge in [0.2, 0.25) is 5.91 Å². The van der Waals surface area contributed by atoms with Crippen molar-refractivity contribution >= 4 is 39.6 Å². The zero-order valence-electron chi connectivity index (χ0n) is 11.1. The van der Waals surface area contributed by atoms with Gasteiger partial charge in [-0.1, -0.05) is 39.9 Å². The zero-order chi connectivity index (χ0) is 13.9. The predicted molar refractivity (Wildman–Crippen MR) is 80.2 cm³/mol. The monoisotopic (exact) mass is 285 g/mol. The third-order valence-corrected chi connectivity index (χ3v) is 3.79. The van der Waals surface area contributed by atoms with Crippen LogP contribution in [0, 0.1) is 5.92 Å². The number of anilines is 1. The molecule has 1 aromatic rings. The number of thiocarbonyl (C=S) groups is 1. The Morgan fingerprint density at radius 3 is 2.56 bits per heavy atom. The summed E-state index contributed by atoms with van der Waals surface area (Å²) in [4.78, 5) is 12.2. The first-order chi connectivity index (χ1) is 8.38. The van der Waals surface area contributed by atoms with Crippen LogP contribution in [0.15, 0.2) is 0 Å². The Kier molecular flexibility index (Phi) is 5.22. The summed E-state index contributed by atoms with van der Waals surface area (Å²) in [5.41, 5.74) is 7.29. The van der Waals surface area contributed by atoms with E-state index in [4.69, 9.17) is 18.0 Å². The molecule has 1 amide bonds. The fourth-order valence-electron chi connectivity index (χ4n) is 1.44. The largest absolute Gasteiger partial charge is 0.389 e. The molecule has 0 spiro atoms. The van der Waals surface area contributed by atoms with Crippen molar-refractivity contribution in [3.63, 3.8) is 0 Å². The summed E-state index contributed by atoms with van der Waals surface area (Å²) < 4.78 is 4.33. The second-order valence-electron chi connectivity index (χ2n) is 4.59. The molecule has 0 bridgehead atoms. The number of aromatic nitrogens is 1. The molecular weight excluding hydrogens is 266 g/mol. The fourth-order valence-corrected chi connectivity index (χ4v) is 2.66.